The molecule has 3 nitrogen and oxygen atoms in total. The molecule has 0 spiro atoms. The average molecular weight is 261 g/mol. The van der Waals surface area contributed by atoms with Crippen molar-refractivity contribution in [2.75, 3.05) is 23.8 Å². The van der Waals surface area contributed by atoms with Gasteiger partial charge in [0.25, 0.3) is 0 Å². The maximum absolute atomic E-state index is 4.71. The Hall–Kier alpha value is -1.25. The van der Waals surface area contributed by atoms with Crippen LogP contribution in [0.4, 0.5) is 11.6 Å². The van der Waals surface area contributed by atoms with Crippen LogP contribution in [0.15, 0.2) is 18.2 Å². The first-order chi connectivity index (χ1) is 8.94. The summed E-state index contributed by atoms with van der Waals surface area (Å²) in [5, 5.41) is 3.43. The first-order valence-corrected chi connectivity index (χ1v) is 7.40. The summed E-state index contributed by atoms with van der Waals surface area (Å²) < 4.78 is 0. The van der Waals surface area contributed by atoms with Gasteiger partial charge in [-0.05, 0) is 51.7 Å². The molecular formula is C16H27N3. The lowest BCUT2D eigenvalue weighted by molar-refractivity contribution is 0.545. The van der Waals surface area contributed by atoms with E-state index < -0.39 is 0 Å². The molecule has 1 fully saturated rings. The number of hydrogen-bond donors (Lipinski definition) is 1. The van der Waals surface area contributed by atoms with Crippen molar-refractivity contribution in [3.8, 4) is 0 Å². The number of anilines is 2. The quantitative estimate of drug-likeness (QED) is 0.890. The van der Waals surface area contributed by atoms with Crippen molar-refractivity contribution >= 4 is 11.6 Å². The third-order valence-corrected chi connectivity index (χ3v) is 3.64. The van der Waals surface area contributed by atoms with E-state index in [1.54, 1.807) is 0 Å². The second-order valence-corrected chi connectivity index (χ2v) is 6.79. The van der Waals surface area contributed by atoms with Gasteiger partial charge in [-0.15, -0.1) is 0 Å². The van der Waals surface area contributed by atoms with Gasteiger partial charge in [-0.25, -0.2) is 4.98 Å². The number of nitrogens with zero attached hydrogens (tertiary/aromatic N) is 2. The predicted octanol–water partition coefficient (Wildman–Crippen LogP) is 3.92. The molecule has 0 bridgehead atoms. The largest absolute Gasteiger partial charge is 0.365 e. The Morgan fingerprint density at radius 1 is 1.26 bits per heavy atom. The normalized spacial score (nSPS) is 16.6. The molecular weight excluding hydrogens is 234 g/mol. The first-order valence-electron chi connectivity index (χ1n) is 7.40. The molecule has 0 amide bonds. The van der Waals surface area contributed by atoms with Crippen LogP contribution in [-0.2, 0) is 0 Å². The van der Waals surface area contributed by atoms with E-state index in [0.717, 1.165) is 24.1 Å². The molecule has 2 rings (SSSR count). The Morgan fingerprint density at radius 3 is 2.58 bits per heavy atom. The predicted molar refractivity (Wildman–Crippen MR) is 82.8 cm³/mol. The van der Waals surface area contributed by atoms with Gasteiger partial charge in [-0.3, -0.25) is 0 Å². The van der Waals surface area contributed by atoms with Crippen LogP contribution in [0.2, 0.25) is 0 Å². The van der Waals surface area contributed by atoms with Crippen LogP contribution in [0.25, 0.3) is 0 Å². The Bertz CT molecular complexity index is 403. The SMILES string of the molecule is CN(CC1CCCC1)c1cccc(NC(C)(C)C)n1. The summed E-state index contributed by atoms with van der Waals surface area (Å²) in [5.41, 5.74) is 0.0512. The van der Waals surface area contributed by atoms with Gasteiger partial charge >= 0.3 is 0 Å². The van der Waals surface area contributed by atoms with Crippen LogP contribution in [0.5, 0.6) is 0 Å². The van der Waals surface area contributed by atoms with Crippen LogP contribution >= 0.6 is 0 Å². The maximum atomic E-state index is 4.71. The van der Waals surface area contributed by atoms with Gasteiger partial charge in [0, 0.05) is 19.1 Å². The molecule has 0 saturated heterocycles. The van der Waals surface area contributed by atoms with Gasteiger partial charge in [-0.1, -0.05) is 18.9 Å². The molecule has 1 aromatic rings. The van der Waals surface area contributed by atoms with Crippen LogP contribution in [-0.4, -0.2) is 24.1 Å². The first kappa shape index (κ1) is 14.2. The van der Waals surface area contributed by atoms with Crippen LogP contribution in [0.1, 0.15) is 46.5 Å². The molecule has 0 atom stereocenters. The number of aromatic nitrogens is 1. The number of pyridine rings is 1. The molecule has 1 aliphatic rings. The van der Waals surface area contributed by atoms with E-state index in [9.17, 15) is 0 Å². The molecule has 1 N–H and O–H groups in total. The molecule has 1 saturated carbocycles. The number of nitrogens with one attached hydrogen (secondary N) is 1. The lowest BCUT2D eigenvalue weighted by atomic mass is 10.1. The number of rotatable bonds is 4. The zero-order chi connectivity index (χ0) is 13.9. The fourth-order valence-electron chi connectivity index (χ4n) is 2.76. The van der Waals surface area contributed by atoms with Gasteiger partial charge in [0.15, 0.2) is 0 Å². The number of hydrogen-bond acceptors (Lipinski definition) is 3. The van der Waals surface area contributed by atoms with Crippen molar-refractivity contribution in [1.82, 2.24) is 4.98 Å². The van der Waals surface area contributed by atoms with E-state index in [4.69, 9.17) is 4.98 Å². The highest BCUT2D eigenvalue weighted by Gasteiger charge is 2.18. The highest BCUT2D eigenvalue weighted by atomic mass is 15.2. The maximum Gasteiger partial charge on any atom is 0.130 e. The summed E-state index contributed by atoms with van der Waals surface area (Å²) in [5.74, 6) is 2.88. The van der Waals surface area contributed by atoms with Crippen LogP contribution in [0, 0.1) is 5.92 Å². The van der Waals surface area contributed by atoms with Gasteiger partial charge in [0.1, 0.15) is 11.6 Å². The Labute approximate surface area is 117 Å². The Balaban J connectivity index is 2.00. The lowest BCUT2D eigenvalue weighted by Gasteiger charge is -2.25. The van der Waals surface area contributed by atoms with Gasteiger partial charge in [0.2, 0.25) is 0 Å². The highest BCUT2D eigenvalue weighted by Crippen LogP contribution is 2.26. The van der Waals surface area contributed by atoms with Crippen molar-refractivity contribution in [2.24, 2.45) is 5.92 Å². The van der Waals surface area contributed by atoms with E-state index in [0.29, 0.717) is 0 Å². The molecule has 106 valence electrons. The fraction of sp³-hybridized carbons (Fsp3) is 0.688. The van der Waals surface area contributed by atoms with Gasteiger partial charge in [-0.2, -0.15) is 0 Å². The van der Waals surface area contributed by atoms with E-state index >= 15 is 0 Å². The monoisotopic (exact) mass is 261 g/mol. The van der Waals surface area contributed by atoms with E-state index in [2.05, 4.69) is 50.2 Å². The van der Waals surface area contributed by atoms with Crippen molar-refractivity contribution in [3.05, 3.63) is 18.2 Å². The smallest absolute Gasteiger partial charge is 0.130 e. The minimum absolute atomic E-state index is 0.0512. The van der Waals surface area contributed by atoms with Crippen molar-refractivity contribution < 1.29 is 0 Å². The van der Waals surface area contributed by atoms with Gasteiger partial charge < -0.3 is 10.2 Å². The average Bonchev–Trinajstić information content (AvgIpc) is 2.80. The summed E-state index contributed by atoms with van der Waals surface area (Å²) in [4.78, 5) is 7.01. The molecule has 19 heavy (non-hydrogen) atoms. The zero-order valence-electron chi connectivity index (χ0n) is 12.7. The molecule has 1 heterocycles. The van der Waals surface area contributed by atoms with Crippen molar-refractivity contribution in [3.63, 3.8) is 0 Å². The Morgan fingerprint density at radius 2 is 1.95 bits per heavy atom. The zero-order valence-corrected chi connectivity index (χ0v) is 12.7. The Kier molecular flexibility index (Phi) is 4.33. The van der Waals surface area contributed by atoms with Crippen LogP contribution < -0.4 is 10.2 Å². The molecule has 0 aliphatic heterocycles. The second-order valence-electron chi connectivity index (χ2n) is 6.79. The third kappa shape index (κ3) is 4.41. The standard InChI is InChI=1S/C16H27N3/c1-16(2,3)18-14-10-7-11-15(17-14)19(4)12-13-8-5-6-9-13/h7,10-11,13H,5-6,8-9,12H2,1-4H3,(H,17,18). The molecule has 0 aromatic carbocycles. The van der Waals surface area contributed by atoms with Crippen molar-refractivity contribution in [2.45, 2.75) is 52.0 Å². The highest BCUT2D eigenvalue weighted by molar-refractivity contribution is 5.47. The molecule has 0 unspecified atom stereocenters. The lowest BCUT2D eigenvalue weighted by Crippen LogP contribution is -2.28. The summed E-state index contributed by atoms with van der Waals surface area (Å²) in [6, 6.07) is 6.22. The van der Waals surface area contributed by atoms with E-state index in [1.165, 1.54) is 25.7 Å². The summed E-state index contributed by atoms with van der Waals surface area (Å²) in [7, 11) is 2.15. The van der Waals surface area contributed by atoms with Crippen molar-refractivity contribution in [1.29, 1.82) is 0 Å². The molecule has 1 aliphatic carbocycles. The molecule has 0 radical (unpaired) electrons. The molecule has 3 heteroatoms. The van der Waals surface area contributed by atoms with E-state index in [-0.39, 0.29) is 5.54 Å². The summed E-state index contributed by atoms with van der Waals surface area (Å²) in [6.07, 6.45) is 5.56. The third-order valence-electron chi connectivity index (χ3n) is 3.64. The topological polar surface area (TPSA) is 28.2 Å². The fourth-order valence-corrected chi connectivity index (χ4v) is 2.76. The van der Waals surface area contributed by atoms with Crippen LogP contribution in [0.3, 0.4) is 0 Å². The van der Waals surface area contributed by atoms with Gasteiger partial charge in [0.05, 0.1) is 0 Å². The summed E-state index contributed by atoms with van der Waals surface area (Å²) in [6.45, 7) is 7.60. The molecule has 1 aromatic heterocycles. The minimum atomic E-state index is 0.0512. The summed E-state index contributed by atoms with van der Waals surface area (Å²) >= 11 is 0. The second kappa shape index (κ2) is 5.81. The minimum Gasteiger partial charge on any atom is -0.365 e. The van der Waals surface area contributed by atoms with E-state index in [1.807, 2.05) is 6.07 Å².